The zero-order chi connectivity index (χ0) is 8.27. The summed E-state index contributed by atoms with van der Waals surface area (Å²) in [6.45, 7) is 3.50. The number of methoxy groups -OCH3 is 1. The average molecular weight is 152 g/mol. The van der Waals surface area contributed by atoms with Crippen LogP contribution in [-0.4, -0.2) is 22.6 Å². The molecule has 11 heavy (non-hydrogen) atoms. The summed E-state index contributed by atoms with van der Waals surface area (Å²) in [6, 6.07) is 0. The normalized spacial score (nSPS) is 9.18. The summed E-state index contributed by atoms with van der Waals surface area (Å²) < 4.78 is 5.98. The van der Waals surface area contributed by atoms with Crippen molar-refractivity contribution in [3.05, 3.63) is 24.8 Å². The SMILES string of the molecule is C=Cn1cncc1C(=O)OC. The molecule has 0 aliphatic heterocycles. The number of hydrogen-bond acceptors (Lipinski definition) is 3. The Kier molecular flexibility index (Phi) is 2.06. The van der Waals surface area contributed by atoms with E-state index in [0.29, 0.717) is 5.69 Å². The van der Waals surface area contributed by atoms with Gasteiger partial charge in [-0.1, -0.05) is 6.58 Å². The third kappa shape index (κ3) is 1.29. The third-order valence-electron chi connectivity index (χ3n) is 1.26. The van der Waals surface area contributed by atoms with Crippen molar-refractivity contribution in [2.45, 2.75) is 0 Å². The quantitative estimate of drug-likeness (QED) is 0.588. The topological polar surface area (TPSA) is 44.1 Å². The molecule has 0 saturated carbocycles. The molecule has 58 valence electrons. The summed E-state index contributed by atoms with van der Waals surface area (Å²) in [5.41, 5.74) is 0.377. The maximum absolute atomic E-state index is 10.9. The van der Waals surface area contributed by atoms with E-state index in [1.807, 2.05) is 0 Å². The number of nitrogens with zero attached hydrogens (tertiary/aromatic N) is 2. The lowest BCUT2D eigenvalue weighted by Crippen LogP contribution is -2.05. The van der Waals surface area contributed by atoms with Crippen LogP contribution in [0.3, 0.4) is 0 Å². The van der Waals surface area contributed by atoms with Gasteiger partial charge in [-0.05, 0) is 0 Å². The summed E-state index contributed by atoms with van der Waals surface area (Å²) in [5.74, 6) is -0.414. The first kappa shape index (κ1) is 7.53. The molecule has 1 aromatic heterocycles. The Morgan fingerprint density at radius 2 is 2.64 bits per heavy atom. The number of ether oxygens (including phenoxy) is 1. The zero-order valence-corrected chi connectivity index (χ0v) is 6.15. The smallest absolute Gasteiger partial charge is 0.356 e. The molecule has 0 unspecified atom stereocenters. The Balaban J connectivity index is 3.01. The van der Waals surface area contributed by atoms with Crippen LogP contribution in [0.15, 0.2) is 19.1 Å². The van der Waals surface area contributed by atoms with Crippen molar-refractivity contribution >= 4 is 12.2 Å². The van der Waals surface area contributed by atoms with Gasteiger partial charge in [0.1, 0.15) is 0 Å². The van der Waals surface area contributed by atoms with E-state index in [1.165, 1.54) is 30.4 Å². The largest absolute Gasteiger partial charge is 0.464 e. The molecule has 4 heteroatoms. The molecule has 0 bridgehead atoms. The first-order valence-electron chi connectivity index (χ1n) is 3.02. The number of imidazole rings is 1. The maximum Gasteiger partial charge on any atom is 0.356 e. The van der Waals surface area contributed by atoms with Gasteiger partial charge in [0, 0.05) is 6.20 Å². The zero-order valence-electron chi connectivity index (χ0n) is 6.15. The molecule has 1 aromatic rings. The lowest BCUT2D eigenvalue weighted by Gasteiger charge is -1.98. The van der Waals surface area contributed by atoms with Crippen molar-refractivity contribution in [3.8, 4) is 0 Å². The second kappa shape index (κ2) is 3.01. The van der Waals surface area contributed by atoms with Crippen LogP contribution in [0.25, 0.3) is 6.20 Å². The summed E-state index contributed by atoms with van der Waals surface area (Å²) >= 11 is 0. The molecular formula is C7H8N2O2. The van der Waals surface area contributed by atoms with Crippen molar-refractivity contribution < 1.29 is 9.53 Å². The van der Waals surface area contributed by atoms with E-state index in [9.17, 15) is 4.79 Å². The van der Waals surface area contributed by atoms with Crippen LogP contribution >= 0.6 is 0 Å². The lowest BCUT2D eigenvalue weighted by atomic mass is 10.5. The first-order valence-corrected chi connectivity index (χ1v) is 3.02. The van der Waals surface area contributed by atoms with Crippen molar-refractivity contribution in [1.82, 2.24) is 9.55 Å². The fourth-order valence-corrected chi connectivity index (χ4v) is 0.713. The van der Waals surface area contributed by atoms with E-state index < -0.39 is 5.97 Å². The molecule has 0 radical (unpaired) electrons. The minimum absolute atomic E-state index is 0.377. The monoisotopic (exact) mass is 152 g/mol. The van der Waals surface area contributed by atoms with Gasteiger partial charge in [-0.2, -0.15) is 0 Å². The molecule has 0 amide bonds. The van der Waals surface area contributed by atoms with E-state index in [0.717, 1.165) is 0 Å². The Morgan fingerprint density at radius 3 is 3.18 bits per heavy atom. The van der Waals surface area contributed by atoms with Crippen LogP contribution in [0.5, 0.6) is 0 Å². The van der Waals surface area contributed by atoms with Crippen LogP contribution in [0.1, 0.15) is 10.5 Å². The molecule has 0 spiro atoms. The Morgan fingerprint density at radius 1 is 1.91 bits per heavy atom. The van der Waals surface area contributed by atoms with Crippen molar-refractivity contribution in [1.29, 1.82) is 0 Å². The molecule has 1 heterocycles. The van der Waals surface area contributed by atoms with Gasteiger partial charge in [-0.15, -0.1) is 0 Å². The van der Waals surface area contributed by atoms with Crippen LogP contribution in [0.4, 0.5) is 0 Å². The standard InChI is InChI=1S/C7H8N2O2/c1-3-9-5-8-4-6(9)7(10)11-2/h3-5H,1H2,2H3. The lowest BCUT2D eigenvalue weighted by molar-refractivity contribution is 0.0592. The Hall–Kier alpha value is -1.58. The molecule has 0 atom stereocenters. The maximum atomic E-state index is 10.9. The Labute approximate surface area is 64.1 Å². The van der Waals surface area contributed by atoms with Gasteiger partial charge < -0.3 is 9.30 Å². The molecule has 1 rings (SSSR count). The first-order chi connectivity index (χ1) is 5.29. The third-order valence-corrected chi connectivity index (χ3v) is 1.26. The number of aromatic nitrogens is 2. The highest BCUT2D eigenvalue weighted by Gasteiger charge is 2.08. The van der Waals surface area contributed by atoms with Gasteiger partial charge in [0.25, 0.3) is 0 Å². The van der Waals surface area contributed by atoms with E-state index >= 15 is 0 Å². The number of carbonyl (C=O) groups is 1. The minimum Gasteiger partial charge on any atom is -0.464 e. The van der Waals surface area contributed by atoms with E-state index in [1.54, 1.807) is 0 Å². The molecule has 4 nitrogen and oxygen atoms in total. The number of hydrogen-bond donors (Lipinski definition) is 0. The van der Waals surface area contributed by atoms with Gasteiger partial charge in [-0.25, -0.2) is 9.78 Å². The number of esters is 1. The molecule has 0 saturated heterocycles. The van der Waals surface area contributed by atoms with Gasteiger partial charge in [0.15, 0.2) is 5.69 Å². The second-order valence-corrected chi connectivity index (χ2v) is 1.86. The van der Waals surface area contributed by atoms with E-state index in [-0.39, 0.29) is 0 Å². The second-order valence-electron chi connectivity index (χ2n) is 1.86. The molecule has 0 aliphatic rings. The molecular weight excluding hydrogens is 144 g/mol. The predicted octanol–water partition coefficient (Wildman–Crippen LogP) is 0.770. The highest BCUT2D eigenvalue weighted by atomic mass is 16.5. The van der Waals surface area contributed by atoms with Crippen LogP contribution in [-0.2, 0) is 4.74 Å². The number of rotatable bonds is 2. The highest BCUT2D eigenvalue weighted by molar-refractivity contribution is 5.87. The van der Waals surface area contributed by atoms with Gasteiger partial charge in [0.2, 0.25) is 0 Å². The molecule has 0 N–H and O–H groups in total. The fraction of sp³-hybridized carbons (Fsp3) is 0.143. The van der Waals surface area contributed by atoms with Gasteiger partial charge >= 0.3 is 5.97 Å². The van der Waals surface area contributed by atoms with E-state index in [2.05, 4.69) is 16.3 Å². The number of carbonyl (C=O) groups excluding carboxylic acids is 1. The van der Waals surface area contributed by atoms with Gasteiger partial charge in [0.05, 0.1) is 19.6 Å². The van der Waals surface area contributed by atoms with E-state index in [4.69, 9.17) is 0 Å². The highest BCUT2D eigenvalue weighted by Crippen LogP contribution is 2.00. The van der Waals surface area contributed by atoms with Crippen molar-refractivity contribution in [2.24, 2.45) is 0 Å². The molecule has 0 aliphatic carbocycles. The molecule has 0 fully saturated rings. The van der Waals surface area contributed by atoms with Crippen molar-refractivity contribution in [2.75, 3.05) is 7.11 Å². The molecule has 0 aromatic carbocycles. The average Bonchev–Trinajstić information content (AvgIpc) is 2.50. The summed E-state index contributed by atoms with van der Waals surface area (Å²) in [6.07, 6.45) is 4.39. The summed E-state index contributed by atoms with van der Waals surface area (Å²) in [7, 11) is 1.32. The van der Waals surface area contributed by atoms with Gasteiger partial charge in [-0.3, -0.25) is 0 Å². The van der Waals surface area contributed by atoms with Crippen LogP contribution in [0, 0.1) is 0 Å². The fourth-order valence-electron chi connectivity index (χ4n) is 0.713. The summed E-state index contributed by atoms with van der Waals surface area (Å²) in [4.78, 5) is 14.7. The summed E-state index contributed by atoms with van der Waals surface area (Å²) in [5, 5.41) is 0. The van der Waals surface area contributed by atoms with Crippen molar-refractivity contribution in [3.63, 3.8) is 0 Å². The minimum atomic E-state index is -0.414. The van der Waals surface area contributed by atoms with Crippen LogP contribution < -0.4 is 0 Å². The van der Waals surface area contributed by atoms with Crippen LogP contribution in [0.2, 0.25) is 0 Å². The predicted molar refractivity (Wildman–Crippen MR) is 40.0 cm³/mol. The Bertz CT molecular complexity index is 278.